The summed E-state index contributed by atoms with van der Waals surface area (Å²) in [6.45, 7) is 4.63. The molecule has 0 saturated carbocycles. The molecular formula is C18H27N3O4S. The third-order valence-corrected chi connectivity index (χ3v) is 5.15. The van der Waals surface area contributed by atoms with Crippen LogP contribution in [0.4, 0.5) is 0 Å². The summed E-state index contributed by atoms with van der Waals surface area (Å²) in [5.74, 6) is 2.36. The van der Waals surface area contributed by atoms with Gasteiger partial charge < -0.3 is 20.1 Å². The second-order valence-electron chi connectivity index (χ2n) is 6.02. The largest absolute Gasteiger partial charge is 0.497 e. The Morgan fingerprint density at radius 1 is 1.12 bits per heavy atom. The van der Waals surface area contributed by atoms with E-state index in [4.69, 9.17) is 15.2 Å². The molecule has 0 unspecified atom stereocenters. The molecule has 0 spiro atoms. The number of nitrogens with two attached hydrogens (primary N) is 1. The molecule has 1 fully saturated rings. The Bertz CT molecular complexity index is 574. The van der Waals surface area contributed by atoms with Crippen molar-refractivity contribution in [3.05, 3.63) is 24.3 Å². The SMILES string of the molecule is COc1ccc(OCCN2CCN(C(=O)CCSCC(N)=O)CC2)cc1. The molecule has 1 aliphatic heterocycles. The predicted molar refractivity (Wildman–Crippen MR) is 103 cm³/mol. The standard InChI is InChI=1S/C18H27N3O4S/c1-24-15-2-4-16(5-3-15)25-12-11-20-7-9-21(10-8-20)18(23)6-13-26-14-17(19)22/h2-5H,6-14H2,1H3,(H2,19,22). The van der Waals surface area contributed by atoms with Gasteiger partial charge in [-0.3, -0.25) is 14.5 Å². The highest BCUT2D eigenvalue weighted by atomic mass is 32.2. The van der Waals surface area contributed by atoms with E-state index in [1.165, 1.54) is 11.8 Å². The normalized spacial score (nSPS) is 14.9. The number of hydrogen-bond acceptors (Lipinski definition) is 6. The topological polar surface area (TPSA) is 85.1 Å². The minimum atomic E-state index is -0.340. The van der Waals surface area contributed by atoms with E-state index in [0.717, 1.165) is 44.2 Å². The molecule has 2 rings (SSSR count). The van der Waals surface area contributed by atoms with E-state index in [1.54, 1.807) is 7.11 Å². The van der Waals surface area contributed by atoms with Gasteiger partial charge in [0.15, 0.2) is 0 Å². The first-order valence-corrected chi connectivity index (χ1v) is 9.87. The fraction of sp³-hybridized carbons (Fsp3) is 0.556. The molecule has 0 aliphatic carbocycles. The van der Waals surface area contributed by atoms with Crippen LogP contribution in [0, 0.1) is 0 Å². The summed E-state index contributed by atoms with van der Waals surface area (Å²) in [6, 6.07) is 7.54. The van der Waals surface area contributed by atoms with E-state index >= 15 is 0 Å². The van der Waals surface area contributed by atoms with Crippen LogP contribution in [0.5, 0.6) is 11.5 Å². The van der Waals surface area contributed by atoms with Gasteiger partial charge >= 0.3 is 0 Å². The zero-order valence-electron chi connectivity index (χ0n) is 15.2. The number of hydrogen-bond donors (Lipinski definition) is 1. The predicted octanol–water partition coefficient (Wildman–Crippen LogP) is 0.827. The van der Waals surface area contributed by atoms with Crippen molar-refractivity contribution in [3.63, 3.8) is 0 Å². The average molecular weight is 381 g/mol. The Hall–Kier alpha value is -1.93. The fourth-order valence-corrected chi connectivity index (χ4v) is 3.34. The molecule has 1 saturated heterocycles. The van der Waals surface area contributed by atoms with Gasteiger partial charge in [-0.1, -0.05) is 0 Å². The first-order chi connectivity index (χ1) is 12.6. The average Bonchev–Trinajstić information content (AvgIpc) is 2.66. The van der Waals surface area contributed by atoms with Crippen LogP contribution in [0.15, 0.2) is 24.3 Å². The fourth-order valence-electron chi connectivity index (χ4n) is 2.68. The van der Waals surface area contributed by atoms with Gasteiger partial charge in [-0.15, -0.1) is 0 Å². The number of nitrogens with zero attached hydrogens (tertiary/aromatic N) is 2. The van der Waals surface area contributed by atoms with Crippen LogP contribution in [-0.2, 0) is 9.59 Å². The van der Waals surface area contributed by atoms with Crippen LogP contribution in [0.3, 0.4) is 0 Å². The van der Waals surface area contributed by atoms with Crippen molar-refractivity contribution in [2.24, 2.45) is 5.73 Å². The second kappa shape index (κ2) is 10.9. The number of thioether (sulfide) groups is 1. The number of ether oxygens (including phenoxy) is 2. The summed E-state index contributed by atoms with van der Waals surface area (Å²) in [6.07, 6.45) is 0.457. The van der Waals surface area contributed by atoms with E-state index in [-0.39, 0.29) is 17.6 Å². The van der Waals surface area contributed by atoms with Crippen molar-refractivity contribution in [3.8, 4) is 11.5 Å². The molecule has 144 valence electrons. The van der Waals surface area contributed by atoms with Crippen molar-refractivity contribution in [1.82, 2.24) is 9.80 Å². The summed E-state index contributed by atoms with van der Waals surface area (Å²) in [7, 11) is 1.64. The molecule has 1 aromatic rings. The van der Waals surface area contributed by atoms with Gasteiger partial charge in [0.25, 0.3) is 0 Å². The van der Waals surface area contributed by atoms with Gasteiger partial charge in [0.1, 0.15) is 18.1 Å². The van der Waals surface area contributed by atoms with Gasteiger partial charge in [-0.2, -0.15) is 11.8 Å². The van der Waals surface area contributed by atoms with E-state index in [2.05, 4.69) is 4.90 Å². The molecular weight excluding hydrogens is 354 g/mol. The maximum absolute atomic E-state index is 12.1. The lowest BCUT2D eigenvalue weighted by atomic mass is 10.3. The summed E-state index contributed by atoms with van der Waals surface area (Å²) < 4.78 is 10.9. The number of amides is 2. The molecule has 1 heterocycles. The highest BCUT2D eigenvalue weighted by Crippen LogP contribution is 2.17. The molecule has 0 aromatic heterocycles. The quantitative estimate of drug-likeness (QED) is 0.604. The van der Waals surface area contributed by atoms with Gasteiger partial charge in [-0.05, 0) is 24.3 Å². The Morgan fingerprint density at radius 3 is 2.38 bits per heavy atom. The third-order valence-electron chi connectivity index (χ3n) is 4.17. The lowest BCUT2D eigenvalue weighted by molar-refractivity contribution is -0.132. The van der Waals surface area contributed by atoms with Crippen LogP contribution >= 0.6 is 11.8 Å². The molecule has 0 bridgehead atoms. The van der Waals surface area contributed by atoms with Gasteiger partial charge in [0.05, 0.1) is 12.9 Å². The molecule has 0 atom stereocenters. The van der Waals surface area contributed by atoms with E-state index < -0.39 is 0 Å². The van der Waals surface area contributed by atoms with Gasteiger partial charge in [0.2, 0.25) is 11.8 Å². The summed E-state index contributed by atoms with van der Waals surface area (Å²) >= 11 is 1.41. The number of methoxy groups -OCH3 is 1. The van der Waals surface area contributed by atoms with Crippen molar-refractivity contribution in [1.29, 1.82) is 0 Å². The Morgan fingerprint density at radius 2 is 1.77 bits per heavy atom. The monoisotopic (exact) mass is 381 g/mol. The number of benzene rings is 1. The van der Waals surface area contributed by atoms with Crippen LogP contribution in [0.2, 0.25) is 0 Å². The van der Waals surface area contributed by atoms with Crippen LogP contribution in [0.25, 0.3) is 0 Å². The van der Waals surface area contributed by atoms with Crippen LogP contribution < -0.4 is 15.2 Å². The van der Waals surface area contributed by atoms with Crippen LogP contribution in [-0.4, -0.2) is 79.6 Å². The summed E-state index contributed by atoms with van der Waals surface area (Å²) in [4.78, 5) is 27.0. The smallest absolute Gasteiger partial charge is 0.227 e. The number of piperazine rings is 1. The van der Waals surface area contributed by atoms with E-state index in [0.29, 0.717) is 18.8 Å². The van der Waals surface area contributed by atoms with Crippen LogP contribution in [0.1, 0.15) is 6.42 Å². The maximum atomic E-state index is 12.1. The zero-order chi connectivity index (χ0) is 18.8. The van der Waals surface area contributed by atoms with Crippen molar-refractivity contribution < 1.29 is 19.1 Å². The van der Waals surface area contributed by atoms with Crippen molar-refractivity contribution in [2.75, 3.05) is 57.9 Å². The minimum Gasteiger partial charge on any atom is -0.497 e. The number of rotatable bonds is 10. The summed E-state index contributed by atoms with van der Waals surface area (Å²) in [5, 5.41) is 0. The highest BCUT2D eigenvalue weighted by molar-refractivity contribution is 7.99. The first-order valence-electron chi connectivity index (χ1n) is 8.71. The number of primary amides is 1. The molecule has 1 aliphatic rings. The second-order valence-corrected chi connectivity index (χ2v) is 7.12. The van der Waals surface area contributed by atoms with E-state index in [1.807, 2.05) is 29.2 Å². The molecule has 7 nitrogen and oxygen atoms in total. The Labute approximate surface area is 158 Å². The first kappa shape index (κ1) is 20.4. The molecule has 2 N–H and O–H groups in total. The third kappa shape index (κ3) is 7.13. The Kier molecular flexibility index (Phi) is 8.57. The molecule has 26 heavy (non-hydrogen) atoms. The molecule has 8 heteroatoms. The molecule has 2 amide bonds. The lowest BCUT2D eigenvalue weighted by Gasteiger charge is -2.34. The maximum Gasteiger partial charge on any atom is 0.227 e. The number of carbonyl (C=O) groups excluding carboxylic acids is 2. The highest BCUT2D eigenvalue weighted by Gasteiger charge is 2.20. The van der Waals surface area contributed by atoms with E-state index in [9.17, 15) is 9.59 Å². The van der Waals surface area contributed by atoms with Crippen molar-refractivity contribution >= 4 is 23.6 Å². The summed E-state index contributed by atoms with van der Waals surface area (Å²) in [5.41, 5.74) is 5.08. The van der Waals surface area contributed by atoms with Crippen molar-refractivity contribution in [2.45, 2.75) is 6.42 Å². The Balaban J connectivity index is 1.59. The molecule has 0 radical (unpaired) electrons. The lowest BCUT2D eigenvalue weighted by Crippen LogP contribution is -2.49. The van der Waals surface area contributed by atoms with Gasteiger partial charge in [0, 0.05) is 44.9 Å². The minimum absolute atomic E-state index is 0.149. The molecule has 1 aromatic carbocycles. The van der Waals surface area contributed by atoms with Gasteiger partial charge in [-0.25, -0.2) is 0 Å². The zero-order valence-corrected chi connectivity index (χ0v) is 16.0. The number of carbonyl (C=O) groups is 2.